The minimum absolute atomic E-state index is 0.153. The van der Waals surface area contributed by atoms with Crippen LogP contribution >= 0.6 is 11.8 Å². The van der Waals surface area contributed by atoms with Crippen molar-refractivity contribution in [2.24, 2.45) is 0 Å². The lowest BCUT2D eigenvalue weighted by Crippen LogP contribution is -2.17. The Morgan fingerprint density at radius 1 is 1.30 bits per heavy atom. The van der Waals surface area contributed by atoms with Crippen LogP contribution in [0.1, 0.15) is 15.9 Å². The first-order chi connectivity index (χ1) is 9.58. The number of benzene rings is 1. The molecule has 0 saturated heterocycles. The lowest BCUT2D eigenvalue weighted by atomic mass is 10.1. The molecule has 0 heterocycles. The SMILES string of the molecule is COCCSCC(=O)Nc1ccc(C)cc1C(=O)OC. The fourth-order valence-corrected chi connectivity index (χ4v) is 2.23. The molecule has 1 rings (SSSR count). The van der Waals surface area contributed by atoms with Gasteiger partial charge in [-0.1, -0.05) is 11.6 Å². The third-order valence-electron chi connectivity index (χ3n) is 2.52. The zero-order valence-corrected chi connectivity index (χ0v) is 12.7. The maximum Gasteiger partial charge on any atom is 0.339 e. The quantitative estimate of drug-likeness (QED) is 0.617. The molecule has 110 valence electrons. The summed E-state index contributed by atoms with van der Waals surface area (Å²) in [6.45, 7) is 2.48. The van der Waals surface area contributed by atoms with Crippen LogP contribution in [0.4, 0.5) is 5.69 Å². The minimum Gasteiger partial charge on any atom is -0.465 e. The summed E-state index contributed by atoms with van der Waals surface area (Å²) in [6.07, 6.45) is 0. The van der Waals surface area contributed by atoms with Gasteiger partial charge in [-0.05, 0) is 19.1 Å². The Bertz CT molecular complexity index is 476. The molecule has 20 heavy (non-hydrogen) atoms. The highest BCUT2D eigenvalue weighted by Gasteiger charge is 2.14. The second-order valence-electron chi connectivity index (χ2n) is 4.13. The molecule has 0 radical (unpaired) electrons. The molecule has 6 heteroatoms. The van der Waals surface area contributed by atoms with Crippen molar-refractivity contribution in [2.45, 2.75) is 6.92 Å². The Kier molecular flexibility index (Phi) is 7.11. The van der Waals surface area contributed by atoms with Crippen molar-refractivity contribution in [2.75, 3.05) is 37.6 Å². The van der Waals surface area contributed by atoms with E-state index in [0.29, 0.717) is 23.6 Å². The van der Waals surface area contributed by atoms with Gasteiger partial charge in [0.05, 0.1) is 30.7 Å². The molecular formula is C14H19NO4S. The van der Waals surface area contributed by atoms with Crippen LogP contribution in [0.25, 0.3) is 0 Å². The number of aryl methyl sites for hydroxylation is 1. The number of ether oxygens (including phenoxy) is 2. The van der Waals surface area contributed by atoms with Gasteiger partial charge in [0.25, 0.3) is 0 Å². The Morgan fingerprint density at radius 2 is 2.05 bits per heavy atom. The number of amides is 1. The molecule has 0 aliphatic rings. The molecule has 1 aromatic rings. The molecule has 0 spiro atoms. The number of hydrogen-bond acceptors (Lipinski definition) is 5. The molecule has 0 atom stereocenters. The number of esters is 1. The van der Waals surface area contributed by atoms with Gasteiger partial charge in [-0.15, -0.1) is 11.8 Å². The van der Waals surface area contributed by atoms with Crippen LogP contribution in [-0.4, -0.2) is 44.2 Å². The predicted octanol–water partition coefficient (Wildman–Crippen LogP) is 2.10. The number of rotatable bonds is 7. The van der Waals surface area contributed by atoms with Crippen LogP contribution in [0.5, 0.6) is 0 Å². The number of anilines is 1. The molecule has 0 saturated carbocycles. The summed E-state index contributed by atoms with van der Waals surface area (Å²) >= 11 is 1.48. The summed E-state index contributed by atoms with van der Waals surface area (Å²) in [7, 11) is 2.94. The molecule has 0 aliphatic heterocycles. The number of hydrogen-bond donors (Lipinski definition) is 1. The van der Waals surface area contributed by atoms with Gasteiger partial charge in [-0.25, -0.2) is 4.79 Å². The van der Waals surface area contributed by atoms with Gasteiger partial charge >= 0.3 is 5.97 Å². The van der Waals surface area contributed by atoms with Crippen LogP contribution < -0.4 is 5.32 Å². The van der Waals surface area contributed by atoms with E-state index in [4.69, 9.17) is 9.47 Å². The number of methoxy groups -OCH3 is 2. The first-order valence-electron chi connectivity index (χ1n) is 6.14. The first kappa shape index (κ1) is 16.5. The second kappa shape index (κ2) is 8.60. The van der Waals surface area contributed by atoms with Crippen molar-refractivity contribution in [3.8, 4) is 0 Å². The molecule has 0 fully saturated rings. The average molecular weight is 297 g/mol. The van der Waals surface area contributed by atoms with Crippen molar-refractivity contribution in [3.63, 3.8) is 0 Å². The van der Waals surface area contributed by atoms with Gasteiger partial charge in [0.1, 0.15) is 0 Å². The van der Waals surface area contributed by atoms with Gasteiger partial charge in [0.2, 0.25) is 5.91 Å². The predicted molar refractivity (Wildman–Crippen MR) is 80.3 cm³/mol. The Hall–Kier alpha value is -1.53. The fraction of sp³-hybridized carbons (Fsp3) is 0.429. The Morgan fingerprint density at radius 3 is 2.70 bits per heavy atom. The largest absolute Gasteiger partial charge is 0.465 e. The van der Waals surface area contributed by atoms with E-state index in [1.54, 1.807) is 19.2 Å². The molecule has 5 nitrogen and oxygen atoms in total. The summed E-state index contributed by atoms with van der Waals surface area (Å²) < 4.78 is 9.62. The topological polar surface area (TPSA) is 64.6 Å². The van der Waals surface area contributed by atoms with Crippen LogP contribution in [0.3, 0.4) is 0 Å². The maximum absolute atomic E-state index is 11.8. The van der Waals surface area contributed by atoms with E-state index in [0.717, 1.165) is 11.3 Å². The van der Waals surface area contributed by atoms with Gasteiger partial charge < -0.3 is 14.8 Å². The Balaban J connectivity index is 2.67. The summed E-state index contributed by atoms with van der Waals surface area (Å²) in [4.78, 5) is 23.5. The van der Waals surface area contributed by atoms with Crippen LogP contribution in [0.15, 0.2) is 18.2 Å². The molecule has 1 N–H and O–H groups in total. The molecule has 1 amide bonds. The fourth-order valence-electron chi connectivity index (χ4n) is 1.54. The molecule has 0 bridgehead atoms. The molecular weight excluding hydrogens is 278 g/mol. The standard InChI is InChI=1S/C14H19NO4S/c1-10-4-5-12(11(8-10)14(17)19-3)15-13(16)9-20-7-6-18-2/h4-5,8H,6-7,9H2,1-3H3,(H,15,16). The van der Waals surface area contributed by atoms with Crippen LogP contribution in [0.2, 0.25) is 0 Å². The van der Waals surface area contributed by atoms with Crippen molar-refractivity contribution in [3.05, 3.63) is 29.3 Å². The van der Waals surface area contributed by atoms with Gasteiger partial charge in [0, 0.05) is 12.9 Å². The summed E-state index contributed by atoms with van der Waals surface area (Å²) in [5.74, 6) is 0.454. The highest BCUT2D eigenvalue weighted by molar-refractivity contribution is 7.99. The lowest BCUT2D eigenvalue weighted by molar-refractivity contribution is -0.113. The molecule has 0 unspecified atom stereocenters. The molecule has 0 aromatic heterocycles. The van der Waals surface area contributed by atoms with Gasteiger partial charge in [0.15, 0.2) is 0 Å². The lowest BCUT2D eigenvalue weighted by Gasteiger charge is -2.10. The number of thioether (sulfide) groups is 1. The first-order valence-corrected chi connectivity index (χ1v) is 7.29. The zero-order chi connectivity index (χ0) is 15.0. The highest BCUT2D eigenvalue weighted by atomic mass is 32.2. The van der Waals surface area contributed by atoms with Crippen LogP contribution in [-0.2, 0) is 14.3 Å². The zero-order valence-electron chi connectivity index (χ0n) is 11.9. The number of carbonyl (C=O) groups is 2. The van der Waals surface area contributed by atoms with Crippen LogP contribution in [0, 0.1) is 6.92 Å². The number of nitrogens with one attached hydrogen (secondary N) is 1. The Labute approximate surface area is 123 Å². The van der Waals surface area contributed by atoms with E-state index < -0.39 is 5.97 Å². The number of carbonyl (C=O) groups excluding carboxylic acids is 2. The summed E-state index contributed by atoms with van der Waals surface area (Å²) in [6, 6.07) is 5.24. The van der Waals surface area contributed by atoms with Crippen molar-refractivity contribution in [1.29, 1.82) is 0 Å². The third-order valence-corrected chi connectivity index (χ3v) is 3.44. The van der Waals surface area contributed by atoms with Gasteiger partial charge in [-0.3, -0.25) is 4.79 Å². The van der Waals surface area contributed by atoms with E-state index in [1.807, 2.05) is 13.0 Å². The normalized spacial score (nSPS) is 10.2. The maximum atomic E-state index is 11.8. The third kappa shape index (κ3) is 5.22. The van der Waals surface area contributed by atoms with E-state index in [9.17, 15) is 9.59 Å². The molecule has 1 aromatic carbocycles. The van der Waals surface area contributed by atoms with E-state index in [1.165, 1.54) is 18.9 Å². The van der Waals surface area contributed by atoms with Crippen molar-refractivity contribution >= 4 is 29.3 Å². The van der Waals surface area contributed by atoms with E-state index in [2.05, 4.69) is 5.32 Å². The van der Waals surface area contributed by atoms with Crippen molar-refractivity contribution in [1.82, 2.24) is 0 Å². The van der Waals surface area contributed by atoms with Crippen molar-refractivity contribution < 1.29 is 19.1 Å². The van der Waals surface area contributed by atoms with Gasteiger partial charge in [-0.2, -0.15) is 0 Å². The van der Waals surface area contributed by atoms with E-state index >= 15 is 0 Å². The highest BCUT2D eigenvalue weighted by Crippen LogP contribution is 2.18. The monoisotopic (exact) mass is 297 g/mol. The smallest absolute Gasteiger partial charge is 0.339 e. The summed E-state index contributed by atoms with van der Waals surface area (Å²) in [5.41, 5.74) is 1.76. The van der Waals surface area contributed by atoms with E-state index in [-0.39, 0.29) is 5.91 Å². The summed E-state index contributed by atoms with van der Waals surface area (Å²) in [5, 5.41) is 2.73. The minimum atomic E-state index is -0.462. The second-order valence-corrected chi connectivity index (χ2v) is 5.24. The molecule has 0 aliphatic carbocycles. The average Bonchev–Trinajstić information content (AvgIpc) is 2.44.